The Labute approximate surface area is 125 Å². The summed E-state index contributed by atoms with van der Waals surface area (Å²) in [7, 11) is 0. The molecule has 0 aliphatic carbocycles. The highest BCUT2D eigenvalue weighted by Crippen LogP contribution is 2.43. The summed E-state index contributed by atoms with van der Waals surface area (Å²) in [5.41, 5.74) is 1.61. The van der Waals surface area contributed by atoms with Gasteiger partial charge in [-0.2, -0.15) is 0 Å². The number of aliphatic hydroxyl groups excluding tert-OH is 1. The fraction of sp³-hybridized carbons (Fsp3) is 0.733. The van der Waals surface area contributed by atoms with E-state index < -0.39 is 0 Å². The molecule has 0 radical (unpaired) electrons. The molecule has 1 aliphatic heterocycles. The highest BCUT2D eigenvalue weighted by atomic mass is 32.2. The van der Waals surface area contributed by atoms with Gasteiger partial charge in [-0.3, -0.25) is 0 Å². The number of thiophene rings is 1. The van der Waals surface area contributed by atoms with Crippen LogP contribution in [0.4, 0.5) is 0 Å². The van der Waals surface area contributed by atoms with Crippen LogP contribution >= 0.6 is 23.1 Å². The molecule has 1 aliphatic rings. The van der Waals surface area contributed by atoms with Crippen LogP contribution in [0.5, 0.6) is 0 Å². The highest BCUT2D eigenvalue weighted by Gasteiger charge is 2.26. The third kappa shape index (κ3) is 4.48. The molecule has 2 unspecified atom stereocenters. The highest BCUT2D eigenvalue weighted by molar-refractivity contribution is 8.01. The molecular weight excluding hydrogens is 274 g/mol. The Kier molecular flexibility index (Phi) is 4.99. The molecular formula is C15H25NOS2. The number of aliphatic hydroxyl groups is 1. The van der Waals surface area contributed by atoms with Crippen molar-refractivity contribution in [1.82, 2.24) is 5.32 Å². The molecule has 0 saturated carbocycles. The molecule has 3 atom stereocenters. The van der Waals surface area contributed by atoms with Crippen LogP contribution in [0.3, 0.4) is 0 Å². The van der Waals surface area contributed by atoms with Crippen LogP contribution in [0, 0.1) is 5.41 Å². The second-order valence-corrected chi connectivity index (χ2v) is 9.33. The maximum atomic E-state index is 10.1. The molecule has 0 saturated heterocycles. The van der Waals surface area contributed by atoms with Gasteiger partial charge in [0.1, 0.15) is 0 Å². The van der Waals surface area contributed by atoms with Gasteiger partial charge in [-0.05, 0) is 35.3 Å². The molecule has 0 fully saturated rings. The summed E-state index contributed by atoms with van der Waals surface area (Å²) in [5.74, 6) is 0. The van der Waals surface area contributed by atoms with E-state index in [9.17, 15) is 5.11 Å². The Balaban J connectivity index is 1.90. The van der Waals surface area contributed by atoms with E-state index in [4.69, 9.17) is 0 Å². The Hall–Kier alpha value is -0.0300. The van der Waals surface area contributed by atoms with Gasteiger partial charge >= 0.3 is 0 Å². The molecule has 2 heterocycles. The van der Waals surface area contributed by atoms with Crippen LogP contribution in [-0.2, 0) is 0 Å². The van der Waals surface area contributed by atoms with E-state index in [1.54, 1.807) is 0 Å². The molecule has 0 aromatic carbocycles. The predicted octanol–water partition coefficient (Wildman–Crippen LogP) is 4.06. The van der Waals surface area contributed by atoms with Gasteiger partial charge in [0.2, 0.25) is 0 Å². The molecule has 108 valence electrons. The van der Waals surface area contributed by atoms with Crippen molar-refractivity contribution in [3.8, 4) is 0 Å². The Morgan fingerprint density at radius 3 is 2.89 bits per heavy atom. The van der Waals surface area contributed by atoms with E-state index in [-0.39, 0.29) is 11.5 Å². The average Bonchev–Trinajstić information content (AvgIpc) is 2.71. The lowest BCUT2D eigenvalue weighted by Gasteiger charge is -2.29. The number of hydrogen-bond donors (Lipinski definition) is 2. The molecule has 0 spiro atoms. The first-order valence-corrected chi connectivity index (χ1v) is 8.76. The minimum Gasteiger partial charge on any atom is -0.392 e. The van der Waals surface area contributed by atoms with E-state index in [1.165, 1.54) is 9.77 Å². The Morgan fingerprint density at radius 1 is 1.47 bits per heavy atom. The van der Waals surface area contributed by atoms with Crippen molar-refractivity contribution in [2.24, 2.45) is 5.41 Å². The summed E-state index contributed by atoms with van der Waals surface area (Å²) in [4.78, 5) is 0. The monoisotopic (exact) mass is 299 g/mol. The first-order valence-electron chi connectivity index (χ1n) is 7.00. The molecule has 2 nitrogen and oxygen atoms in total. The van der Waals surface area contributed by atoms with Gasteiger partial charge < -0.3 is 10.4 Å². The van der Waals surface area contributed by atoms with Gasteiger partial charge in [0.05, 0.1) is 10.3 Å². The normalized spacial score (nSPS) is 25.1. The maximum Gasteiger partial charge on any atom is 0.0669 e. The van der Waals surface area contributed by atoms with Gasteiger partial charge in [-0.1, -0.05) is 27.7 Å². The molecule has 0 bridgehead atoms. The van der Waals surface area contributed by atoms with Gasteiger partial charge in [0.15, 0.2) is 0 Å². The van der Waals surface area contributed by atoms with Crippen LogP contribution < -0.4 is 5.32 Å². The van der Waals surface area contributed by atoms with Crippen molar-refractivity contribution < 1.29 is 5.11 Å². The van der Waals surface area contributed by atoms with Crippen LogP contribution in [0.1, 0.15) is 52.1 Å². The third-order valence-electron chi connectivity index (χ3n) is 3.36. The number of thioether (sulfide) groups is 1. The van der Waals surface area contributed by atoms with Gasteiger partial charge in [0.25, 0.3) is 0 Å². The summed E-state index contributed by atoms with van der Waals surface area (Å²) in [5, 5.41) is 16.5. The molecule has 4 heteroatoms. The molecule has 2 N–H and O–H groups in total. The summed E-state index contributed by atoms with van der Waals surface area (Å²) in [6.07, 6.45) is 1.73. The largest absolute Gasteiger partial charge is 0.392 e. The van der Waals surface area contributed by atoms with Crippen LogP contribution in [-0.4, -0.2) is 23.0 Å². The Morgan fingerprint density at radius 2 is 2.21 bits per heavy atom. The minimum atomic E-state index is -0.257. The fourth-order valence-electron chi connectivity index (χ4n) is 2.60. The quantitative estimate of drug-likeness (QED) is 0.879. The fourth-order valence-corrected chi connectivity index (χ4v) is 5.17. The second kappa shape index (κ2) is 6.17. The van der Waals surface area contributed by atoms with Crippen molar-refractivity contribution in [2.45, 2.75) is 62.1 Å². The molecule has 1 aromatic heterocycles. The van der Waals surface area contributed by atoms with Crippen LogP contribution in [0.2, 0.25) is 0 Å². The first-order chi connectivity index (χ1) is 8.85. The van der Waals surface area contributed by atoms with E-state index in [0.717, 1.165) is 12.8 Å². The van der Waals surface area contributed by atoms with Crippen molar-refractivity contribution in [3.05, 3.63) is 17.0 Å². The summed E-state index contributed by atoms with van der Waals surface area (Å²) >= 11 is 3.82. The van der Waals surface area contributed by atoms with Crippen molar-refractivity contribution in [3.63, 3.8) is 0 Å². The predicted molar refractivity (Wildman–Crippen MR) is 85.1 cm³/mol. The zero-order valence-corrected chi connectivity index (χ0v) is 13.9. The Bertz CT molecular complexity index is 411. The second-order valence-electron chi connectivity index (χ2n) is 6.71. The summed E-state index contributed by atoms with van der Waals surface area (Å²) < 4.78 is 1.45. The third-order valence-corrected chi connectivity index (χ3v) is 5.70. The SMILES string of the molecule is C[C@H]1CC(NCC(O)CC(C)(C)C)c2ccsc2S1. The lowest BCUT2D eigenvalue weighted by Crippen LogP contribution is -2.34. The van der Waals surface area contributed by atoms with Gasteiger partial charge in [-0.15, -0.1) is 23.1 Å². The smallest absolute Gasteiger partial charge is 0.0669 e. The van der Waals surface area contributed by atoms with E-state index in [1.807, 2.05) is 23.1 Å². The minimum absolute atomic E-state index is 0.185. The van der Waals surface area contributed by atoms with Crippen molar-refractivity contribution >= 4 is 23.1 Å². The van der Waals surface area contributed by atoms with E-state index in [0.29, 0.717) is 17.8 Å². The van der Waals surface area contributed by atoms with E-state index >= 15 is 0 Å². The van der Waals surface area contributed by atoms with Crippen molar-refractivity contribution in [2.75, 3.05) is 6.54 Å². The summed E-state index contributed by atoms with van der Waals surface area (Å²) in [6.45, 7) is 9.49. The van der Waals surface area contributed by atoms with E-state index in [2.05, 4.69) is 44.5 Å². The van der Waals surface area contributed by atoms with Gasteiger partial charge in [0, 0.05) is 17.8 Å². The number of nitrogens with one attached hydrogen (secondary N) is 1. The van der Waals surface area contributed by atoms with Gasteiger partial charge in [-0.25, -0.2) is 0 Å². The molecule has 2 rings (SSSR count). The number of fused-ring (bicyclic) bond motifs is 1. The lowest BCUT2D eigenvalue weighted by molar-refractivity contribution is 0.116. The molecule has 19 heavy (non-hydrogen) atoms. The topological polar surface area (TPSA) is 32.3 Å². The maximum absolute atomic E-state index is 10.1. The van der Waals surface area contributed by atoms with Crippen molar-refractivity contribution in [1.29, 1.82) is 0 Å². The van der Waals surface area contributed by atoms with Crippen LogP contribution in [0.25, 0.3) is 0 Å². The average molecular weight is 300 g/mol. The number of hydrogen-bond acceptors (Lipinski definition) is 4. The molecule has 1 aromatic rings. The number of rotatable bonds is 4. The molecule has 0 amide bonds. The summed E-state index contributed by atoms with van der Waals surface area (Å²) in [6, 6.07) is 2.64. The van der Waals surface area contributed by atoms with Crippen LogP contribution in [0.15, 0.2) is 15.7 Å². The lowest BCUT2D eigenvalue weighted by atomic mass is 9.89. The first kappa shape index (κ1) is 15.4. The zero-order chi connectivity index (χ0) is 14.0. The zero-order valence-electron chi connectivity index (χ0n) is 12.3. The standard InChI is InChI=1S/C15H25NOS2/c1-10-7-13(12-5-6-18-14(12)19-10)16-9-11(17)8-15(2,3)4/h5-6,10-11,13,16-17H,7-9H2,1-4H3/t10-,11?,13?/m0/s1.